The quantitative estimate of drug-likeness (QED) is 0.354. The number of rotatable bonds is 7. The molecule has 3 heterocycles. The molecule has 0 radical (unpaired) electrons. The molecule has 0 unspecified atom stereocenters. The molecule has 0 aliphatic carbocycles. The van der Waals surface area contributed by atoms with Crippen LogP contribution < -0.4 is 4.90 Å². The Morgan fingerprint density at radius 2 is 1.72 bits per heavy atom. The molecule has 1 saturated heterocycles. The Morgan fingerprint density at radius 3 is 2.42 bits per heavy atom. The van der Waals surface area contributed by atoms with Crippen molar-refractivity contribution < 1.29 is 13.9 Å². The van der Waals surface area contributed by atoms with Crippen LogP contribution in [-0.2, 0) is 17.8 Å². The summed E-state index contributed by atoms with van der Waals surface area (Å²) in [6.07, 6.45) is 0.351. The van der Waals surface area contributed by atoms with Crippen LogP contribution in [-0.4, -0.2) is 54.1 Å². The molecule has 5 rings (SSSR count). The zero-order chi connectivity index (χ0) is 24.9. The van der Waals surface area contributed by atoms with Crippen molar-refractivity contribution in [2.24, 2.45) is 0 Å². The summed E-state index contributed by atoms with van der Waals surface area (Å²) >= 11 is 1.46. The third kappa shape index (κ3) is 5.15. The third-order valence-electron chi connectivity index (χ3n) is 6.31. The SMILES string of the molecule is COCc1nc(-c2ccccc2)nc(N2CCN(C(=O)c3cccs3)CC2)c1Cc1ccccc1F. The zero-order valence-electron chi connectivity index (χ0n) is 20.1. The number of aromatic nitrogens is 2. The number of hydrogen-bond acceptors (Lipinski definition) is 6. The first kappa shape index (κ1) is 24.1. The Bertz CT molecular complexity index is 1320. The molecule has 0 spiro atoms. The monoisotopic (exact) mass is 502 g/mol. The lowest BCUT2D eigenvalue weighted by Crippen LogP contribution is -2.49. The number of hydrogen-bond donors (Lipinski definition) is 0. The van der Waals surface area contributed by atoms with Crippen molar-refractivity contribution in [3.05, 3.63) is 99.6 Å². The van der Waals surface area contributed by atoms with Gasteiger partial charge in [0.25, 0.3) is 5.91 Å². The largest absolute Gasteiger partial charge is 0.378 e. The van der Waals surface area contributed by atoms with E-state index < -0.39 is 0 Å². The van der Waals surface area contributed by atoms with Gasteiger partial charge in [-0.1, -0.05) is 54.6 Å². The molecule has 184 valence electrons. The van der Waals surface area contributed by atoms with Gasteiger partial charge in [0.2, 0.25) is 0 Å². The second-order valence-corrected chi connectivity index (χ2v) is 9.57. The van der Waals surface area contributed by atoms with Crippen LogP contribution in [0.25, 0.3) is 11.4 Å². The average Bonchev–Trinajstić information content (AvgIpc) is 3.46. The lowest BCUT2D eigenvalue weighted by Gasteiger charge is -2.36. The van der Waals surface area contributed by atoms with E-state index in [0.717, 1.165) is 27.5 Å². The van der Waals surface area contributed by atoms with Crippen LogP contribution >= 0.6 is 11.3 Å². The molecule has 1 aliphatic heterocycles. The van der Waals surface area contributed by atoms with Gasteiger partial charge in [0.15, 0.2) is 5.82 Å². The molecule has 0 bridgehead atoms. The number of anilines is 1. The highest BCUT2D eigenvalue weighted by molar-refractivity contribution is 7.12. The van der Waals surface area contributed by atoms with Crippen LogP contribution in [0.5, 0.6) is 0 Å². The van der Waals surface area contributed by atoms with Gasteiger partial charge in [-0.15, -0.1) is 11.3 Å². The number of methoxy groups -OCH3 is 1. The molecule has 8 heteroatoms. The number of thiophene rings is 1. The van der Waals surface area contributed by atoms with Crippen molar-refractivity contribution in [1.82, 2.24) is 14.9 Å². The maximum absolute atomic E-state index is 14.7. The van der Waals surface area contributed by atoms with Gasteiger partial charge in [0.1, 0.15) is 11.6 Å². The molecule has 4 aromatic rings. The average molecular weight is 503 g/mol. The smallest absolute Gasteiger partial charge is 0.264 e. The summed E-state index contributed by atoms with van der Waals surface area (Å²) in [5.41, 5.74) is 3.07. The predicted octanol–water partition coefficient (Wildman–Crippen LogP) is 5.04. The van der Waals surface area contributed by atoms with Crippen molar-refractivity contribution >= 4 is 23.1 Å². The van der Waals surface area contributed by atoms with E-state index in [9.17, 15) is 9.18 Å². The molecule has 2 aromatic carbocycles. The molecule has 0 N–H and O–H groups in total. The molecule has 1 amide bonds. The van der Waals surface area contributed by atoms with Crippen LogP contribution in [0.2, 0.25) is 0 Å². The second-order valence-electron chi connectivity index (χ2n) is 8.62. The van der Waals surface area contributed by atoms with E-state index in [0.29, 0.717) is 44.0 Å². The number of nitrogens with zero attached hydrogens (tertiary/aromatic N) is 4. The van der Waals surface area contributed by atoms with Gasteiger partial charge in [0.05, 0.1) is 17.2 Å². The Kier molecular flexibility index (Phi) is 7.34. The Labute approximate surface area is 214 Å². The van der Waals surface area contributed by atoms with Crippen LogP contribution in [0.15, 0.2) is 72.1 Å². The number of halogens is 1. The van der Waals surface area contributed by atoms with Gasteiger partial charge in [-0.3, -0.25) is 4.79 Å². The zero-order valence-corrected chi connectivity index (χ0v) is 20.9. The highest BCUT2D eigenvalue weighted by atomic mass is 32.1. The predicted molar refractivity (Wildman–Crippen MR) is 140 cm³/mol. The maximum Gasteiger partial charge on any atom is 0.264 e. The number of carbonyl (C=O) groups is 1. The summed E-state index contributed by atoms with van der Waals surface area (Å²) in [5, 5.41) is 1.92. The van der Waals surface area contributed by atoms with E-state index in [2.05, 4.69) is 4.90 Å². The molecule has 0 saturated carbocycles. The fraction of sp³-hybridized carbons (Fsp3) is 0.250. The van der Waals surface area contributed by atoms with Crippen molar-refractivity contribution in [3.8, 4) is 11.4 Å². The van der Waals surface area contributed by atoms with Crippen molar-refractivity contribution in [3.63, 3.8) is 0 Å². The first-order chi connectivity index (χ1) is 17.6. The number of amides is 1. The maximum atomic E-state index is 14.7. The van der Waals surface area contributed by atoms with E-state index in [-0.39, 0.29) is 18.3 Å². The van der Waals surface area contributed by atoms with E-state index in [4.69, 9.17) is 14.7 Å². The second kappa shape index (κ2) is 11.0. The van der Waals surface area contributed by atoms with E-state index in [1.807, 2.05) is 58.8 Å². The lowest BCUT2D eigenvalue weighted by atomic mass is 10.0. The molecule has 6 nitrogen and oxygen atoms in total. The summed E-state index contributed by atoms with van der Waals surface area (Å²) in [7, 11) is 1.63. The minimum atomic E-state index is -0.259. The molecular weight excluding hydrogens is 475 g/mol. The Balaban J connectivity index is 1.51. The summed E-state index contributed by atoms with van der Waals surface area (Å²) in [6, 6.07) is 20.4. The van der Waals surface area contributed by atoms with Crippen LogP contribution in [0.3, 0.4) is 0 Å². The summed E-state index contributed by atoms with van der Waals surface area (Å²) < 4.78 is 20.2. The number of carbonyl (C=O) groups excluding carboxylic acids is 1. The van der Waals surface area contributed by atoms with E-state index >= 15 is 0 Å². The standard InChI is InChI=1S/C28H27FN4O2S/c1-35-19-24-22(18-21-10-5-6-11-23(21)29)27(31-26(30-24)20-8-3-2-4-9-20)32-13-15-33(16-14-32)28(34)25-12-7-17-36-25/h2-12,17H,13-16,18-19H2,1H3. The van der Waals surface area contributed by atoms with Gasteiger partial charge in [-0.05, 0) is 23.1 Å². The van der Waals surface area contributed by atoms with Crippen LogP contribution in [0.1, 0.15) is 26.5 Å². The normalized spacial score (nSPS) is 13.7. The first-order valence-corrected chi connectivity index (χ1v) is 12.8. The van der Waals surface area contributed by atoms with Crippen molar-refractivity contribution in [1.29, 1.82) is 0 Å². The van der Waals surface area contributed by atoms with Crippen molar-refractivity contribution in [2.75, 3.05) is 38.2 Å². The highest BCUT2D eigenvalue weighted by Gasteiger charge is 2.27. The topological polar surface area (TPSA) is 58.6 Å². The lowest BCUT2D eigenvalue weighted by molar-refractivity contribution is 0.0751. The summed E-state index contributed by atoms with van der Waals surface area (Å²) in [5.74, 6) is 1.17. The van der Waals surface area contributed by atoms with Gasteiger partial charge in [-0.2, -0.15) is 0 Å². The van der Waals surface area contributed by atoms with Crippen LogP contribution in [0, 0.1) is 5.82 Å². The van der Waals surface area contributed by atoms with Gasteiger partial charge < -0.3 is 14.5 Å². The molecule has 36 heavy (non-hydrogen) atoms. The fourth-order valence-electron chi connectivity index (χ4n) is 4.44. The molecule has 0 atom stereocenters. The summed E-state index contributed by atoms with van der Waals surface area (Å²) in [6.45, 7) is 2.70. The van der Waals surface area contributed by atoms with Gasteiger partial charge in [-0.25, -0.2) is 14.4 Å². The minimum absolute atomic E-state index is 0.0592. The molecular formula is C28H27FN4O2S. The third-order valence-corrected chi connectivity index (χ3v) is 7.17. The van der Waals surface area contributed by atoms with Gasteiger partial charge in [0, 0.05) is 50.8 Å². The summed E-state index contributed by atoms with van der Waals surface area (Å²) in [4.78, 5) is 27.5. The Morgan fingerprint density at radius 1 is 0.972 bits per heavy atom. The van der Waals surface area contributed by atoms with Gasteiger partial charge >= 0.3 is 0 Å². The fourth-order valence-corrected chi connectivity index (χ4v) is 5.13. The number of piperazine rings is 1. The minimum Gasteiger partial charge on any atom is -0.378 e. The highest BCUT2D eigenvalue weighted by Crippen LogP contribution is 2.30. The first-order valence-electron chi connectivity index (χ1n) is 11.9. The van der Waals surface area contributed by atoms with E-state index in [1.165, 1.54) is 17.4 Å². The van der Waals surface area contributed by atoms with Crippen molar-refractivity contribution in [2.45, 2.75) is 13.0 Å². The number of benzene rings is 2. The number of ether oxygens (including phenoxy) is 1. The molecule has 2 aromatic heterocycles. The molecule has 1 aliphatic rings. The Hall–Kier alpha value is -3.62. The molecule has 1 fully saturated rings. The van der Waals surface area contributed by atoms with Crippen LogP contribution in [0.4, 0.5) is 10.2 Å². The van der Waals surface area contributed by atoms with E-state index in [1.54, 1.807) is 19.2 Å².